The van der Waals surface area contributed by atoms with Gasteiger partial charge in [-0.3, -0.25) is 4.79 Å². The van der Waals surface area contributed by atoms with E-state index in [1.54, 1.807) is 31.4 Å². The molecule has 0 saturated carbocycles. The van der Waals surface area contributed by atoms with Crippen LogP contribution in [0.2, 0.25) is 0 Å². The average Bonchev–Trinajstić information content (AvgIpc) is 3.17. The minimum Gasteiger partial charge on any atom is -0.497 e. The Hall–Kier alpha value is -4.25. The number of nitrogens with zero attached hydrogens (tertiary/aromatic N) is 4. The van der Waals surface area contributed by atoms with E-state index >= 15 is 0 Å². The molecule has 0 bridgehead atoms. The third-order valence-corrected chi connectivity index (χ3v) is 6.09. The quantitative estimate of drug-likeness (QED) is 0.383. The zero-order valence-electron chi connectivity index (χ0n) is 18.2. The fourth-order valence-corrected chi connectivity index (χ4v) is 4.45. The number of carbonyl (C=O) groups is 1. The molecule has 0 aliphatic heterocycles. The molecule has 0 unspecified atom stereocenters. The van der Waals surface area contributed by atoms with Crippen LogP contribution in [0.15, 0.2) is 81.4 Å². The molecule has 0 atom stereocenters. The van der Waals surface area contributed by atoms with E-state index in [2.05, 4.69) is 15.4 Å². The number of rotatable bonds is 6. The summed E-state index contributed by atoms with van der Waals surface area (Å²) in [6.07, 6.45) is 0. The lowest BCUT2D eigenvalue weighted by atomic mass is 10.3. The Labute approximate surface area is 201 Å². The molecule has 3 aromatic carbocycles. The van der Waals surface area contributed by atoms with E-state index in [9.17, 15) is 18.4 Å². The number of ether oxygens (including phenoxy) is 1. The molecule has 2 aromatic heterocycles. The first-order valence-corrected chi connectivity index (χ1v) is 11.2. The SMILES string of the molecule is COc1cccc(Sc2nc3ccccc3n3c(=O)n(CC(=O)Nc4ccc(F)cc4F)nc23)c1. The van der Waals surface area contributed by atoms with Crippen molar-refractivity contribution in [3.05, 3.63) is 88.8 Å². The van der Waals surface area contributed by atoms with Gasteiger partial charge in [0.15, 0.2) is 5.65 Å². The first kappa shape index (κ1) is 22.5. The van der Waals surface area contributed by atoms with Crippen LogP contribution in [0, 0.1) is 11.6 Å². The van der Waals surface area contributed by atoms with Crippen molar-refractivity contribution in [1.82, 2.24) is 19.2 Å². The van der Waals surface area contributed by atoms with E-state index in [1.165, 1.54) is 16.2 Å². The van der Waals surface area contributed by atoms with Crippen LogP contribution in [0.3, 0.4) is 0 Å². The highest BCUT2D eigenvalue weighted by Crippen LogP contribution is 2.32. The first-order chi connectivity index (χ1) is 16.9. The number of carbonyl (C=O) groups excluding carboxylic acids is 1. The second-order valence-corrected chi connectivity index (χ2v) is 8.52. The maximum atomic E-state index is 13.9. The maximum Gasteiger partial charge on any atom is 0.351 e. The lowest BCUT2D eigenvalue weighted by molar-refractivity contribution is -0.117. The van der Waals surface area contributed by atoms with Gasteiger partial charge in [0, 0.05) is 11.0 Å². The van der Waals surface area contributed by atoms with Crippen molar-refractivity contribution in [2.45, 2.75) is 16.5 Å². The van der Waals surface area contributed by atoms with Crippen molar-refractivity contribution in [2.75, 3.05) is 12.4 Å². The number of methoxy groups -OCH3 is 1. The topological polar surface area (TPSA) is 90.5 Å². The summed E-state index contributed by atoms with van der Waals surface area (Å²) in [6.45, 7) is -0.477. The van der Waals surface area contributed by atoms with Gasteiger partial charge in [-0.2, -0.15) is 0 Å². The van der Waals surface area contributed by atoms with E-state index < -0.39 is 29.8 Å². The number of aromatic nitrogens is 4. The standard InChI is InChI=1S/C24H17F2N5O3S/c1-34-15-5-4-6-16(12-15)35-23-22-29-30(13-21(32)27-18-10-9-14(25)11-17(18)26)24(33)31(22)20-8-3-2-7-19(20)28-23/h2-12H,13H2,1H3,(H,27,32). The van der Waals surface area contributed by atoms with Crippen LogP contribution in [-0.2, 0) is 11.3 Å². The van der Waals surface area contributed by atoms with Gasteiger partial charge < -0.3 is 10.1 Å². The number of anilines is 1. The molecule has 2 heterocycles. The molecule has 0 aliphatic rings. The summed E-state index contributed by atoms with van der Waals surface area (Å²) >= 11 is 1.30. The van der Waals surface area contributed by atoms with Gasteiger partial charge in [-0.15, -0.1) is 5.10 Å². The highest BCUT2D eigenvalue weighted by molar-refractivity contribution is 7.99. The van der Waals surface area contributed by atoms with Crippen LogP contribution in [-0.4, -0.2) is 32.2 Å². The number of hydrogen-bond donors (Lipinski definition) is 1. The van der Waals surface area contributed by atoms with E-state index in [1.807, 2.05) is 24.3 Å². The van der Waals surface area contributed by atoms with Crippen LogP contribution in [0.1, 0.15) is 0 Å². The van der Waals surface area contributed by atoms with Gasteiger partial charge in [0.05, 0.1) is 23.8 Å². The smallest absolute Gasteiger partial charge is 0.351 e. The van der Waals surface area contributed by atoms with E-state index in [0.717, 1.165) is 21.7 Å². The number of fused-ring (bicyclic) bond motifs is 3. The molecular weight excluding hydrogens is 476 g/mol. The summed E-state index contributed by atoms with van der Waals surface area (Å²) in [7, 11) is 1.57. The van der Waals surface area contributed by atoms with Gasteiger partial charge in [-0.05, 0) is 42.5 Å². The molecule has 8 nitrogen and oxygen atoms in total. The second-order valence-electron chi connectivity index (χ2n) is 7.46. The molecule has 0 aliphatic carbocycles. The van der Waals surface area contributed by atoms with Gasteiger partial charge in [-0.1, -0.05) is 30.0 Å². The Balaban J connectivity index is 1.55. The fraction of sp³-hybridized carbons (Fsp3) is 0.0833. The number of halogens is 2. The van der Waals surface area contributed by atoms with E-state index in [-0.39, 0.29) is 11.3 Å². The van der Waals surface area contributed by atoms with E-state index in [0.29, 0.717) is 27.9 Å². The predicted molar refractivity (Wildman–Crippen MR) is 127 cm³/mol. The Morgan fingerprint density at radius 2 is 1.91 bits per heavy atom. The molecule has 176 valence electrons. The Kier molecular flexibility index (Phi) is 5.91. The first-order valence-electron chi connectivity index (χ1n) is 10.4. The number of nitrogens with one attached hydrogen (secondary N) is 1. The van der Waals surface area contributed by atoms with Gasteiger partial charge in [0.2, 0.25) is 5.91 Å². The van der Waals surface area contributed by atoms with Gasteiger partial charge in [0.1, 0.15) is 29.0 Å². The molecule has 0 fully saturated rings. The van der Waals surface area contributed by atoms with Gasteiger partial charge in [-0.25, -0.2) is 27.6 Å². The van der Waals surface area contributed by atoms with Crippen LogP contribution in [0.25, 0.3) is 16.7 Å². The summed E-state index contributed by atoms with van der Waals surface area (Å²) in [5, 5.41) is 7.15. The Morgan fingerprint density at radius 1 is 1.09 bits per heavy atom. The molecule has 0 saturated heterocycles. The second kappa shape index (κ2) is 9.18. The van der Waals surface area contributed by atoms with Crippen LogP contribution >= 0.6 is 11.8 Å². The summed E-state index contributed by atoms with van der Waals surface area (Å²) in [6, 6.07) is 17.2. The molecular formula is C24H17F2N5O3S. The van der Waals surface area contributed by atoms with Crippen LogP contribution in [0.5, 0.6) is 5.75 Å². The third kappa shape index (κ3) is 4.45. The molecule has 35 heavy (non-hydrogen) atoms. The van der Waals surface area contributed by atoms with Crippen molar-refractivity contribution >= 4 is 40.0 Å². The molecule has 1 amide bonds. The maximum absolute atomic E-state index is 13.9. The van der Waals surface area contributed by atoms with Crippen LogP contribution < -0.4 is 15.7 Å². The molecule has 0 radical (unpaired) electrons. The zero-order chi connectivity index (χ0) is 24.5. The Morgan fingerprint density at radius 3 is 2.71 bits per heavy atom. The van der Waals surface area contributed by atoms with Crippen molar-refractivity contribution in [2.24, 2.45) is 0 Å². The predicted octanol–water partition coefficient (Wildman–Crippen LogP) is 4.12. The minimum absolute atomic E-state index is 0.199. The number of para-hydroxylation sites is 2. The minimum atomic E-state index is -0.923. The molecule has 11 heteroatoms. The summed E-state index contributed by atoms with van der Waals surface area (Å²) in [5.41, 5.74) is 0.612. The Bertz CT molecular complexity index is 1650. The number of benzene rings is 3. The van der Waals surface area contributed by atoms with Gasteiger partial charge in [0.25, 0.3) is 0 Å². The van der Waals surface area contributed by atoms with Crippen molar-refractivity contribution in [3.8, 4) is 5.75 Å². The number of hydrogen-bond acceptors (Lipinski definition) is 6. The largest absolute Gasteiger partial charge is 0.497 e. The van der Waals surface area contributed by atoms with Gasteiger partial charge >= 0.3 is 5.69 Å². The lowest BCUT2D eigenvalue weighted by Gasteiger charge is -2.07. The molecule has 1 N–H and O–H groups in total. The summed E-state index contributed by atoms with van der Waals surface area (Å²) in [5.74, 6) is -1.72. The normalized spacial score (nSPS) is 11.2. The number of amides is 1. The molecule has 0 spiro atoms. The highest BCUT2D eigenvalue weighted by atomic mass is 32.2. The van der Waals surface area contributed by atoms with Crippen molar-refractivity contribution in [3.63, 3.8) is 0 Å². The van der Waals surface area contributed by atoms with Crippen LogP contribution in [0.4, 0.5) is 14.5 Å². The lowest BCUT2D eigenvalue weighted by Crippen LogP contribution is -2.28. The van der Waals surface area contributed by atoms with E-state index in [4.69, 9.17) is 4.74 Å². The fourth-order valence-electron chi connectivity index (χ4n) is 3.53. The van der Waals surface area contributed by atoms with Crippen molar-refractivity contribution in [1.29, 1.82) is 0 Å². The zero-order valence-corrected chi connectivity index (χ0v) is 19.1. The van der Waals surface area contributed by atoms with Crippen molar-refractivity contribution < 1.29 is 18.3 Å². The average molecular weight is 493 g/mol. The third-order valence-electron chi connectivity index (χ3n) is 5.13. The molecule has 5 rings (SSSR count). The summed E-state index contributed by atoms with van der Waals surface area (Å²) in [4.78, 5) is 31.3. The highest BCUT2D eigenvalue weighted by Gasteiger charge is 2.19. The monoisotopic (exact) mass is 493 g/mol. The summed E-state index contributed by atoms with van der Waals surface area (Å²) < 4.78 is 34.7. The molecule has 5 aromatic rings.